The van der Waals surface area contributed by atoms with Crippen LogP contribution in [0.15, 0.2) is 35.9 Å². The van der Waals surface area contributed by atoms with Gasteiger partial charge in [0.25, 0.3) is 0 Å². The average Bonchev–Trinajstić information content (AvgIpc) is 3.26. The van der Waals surface area contributed by atoms with Crippen molar-refractivity contribution in [1.29, 1.82) is 0 Å². The van der Waals surface area contributed by atoms with Crippen LogP contribution in [0.5, 0.6) is 0 Å². The minimum absolute atomic E-state index is 0.0766. The molecule has 4 aliphatic carbocycles. The minimum atomic E-state index is -0.956. The maximum atomic E-state index is 10.4. The summed E-state index contributed by atoms with van der Waals surface area (Å²) >= 11 is 0. The van der Waals surface area contributed by atoms with Gasteiger partial charge >= 0.3 is 5.97 Å². The summed E-state index contributed by atoms with van der Waals surface area (Å²) in [6.07, 6.45) is 22.2. The Kier molecular flexibility index (Phi) is 9.37. The fourth-order valence-corrected chi connectivity index (χ4v) is 9.41. The fraction of sp³-hybridized carbons (Fsp3) is 0.694. The Hall–Kier alpha value is -2.05. The van der Waals surface area contributed by atoms with Crippen molar-refractivity contribution in [2.24, 2.45) is 46.3 Å². The molecule has 3 heteroatoms. The first-order valence-electron chi connectivity index (χ1n) is 15.7. The van der Waals surface area contributed by atoms with Gasteiger partial charge in [0.05, 0.1) is 11.7 Å². The molecule has 1 aromatic carbocycles. The topological polar surface area (TPSA) is 57.5 Å². The highest BCUT2D eigenvalue weighted by atomic mass is 16.4. The maximum absolute atomic E-state index is 10.4. The van der Waals surface area contributed by atoms with Crippen molar-refractivity contribution in [2.75, 3.05) is 0 Å². The number of rotatable bonds is 6. The van der Waals surface area contributed by atoms with Crippen LogP contribution in [0.4, 0.5) is 0 Å². The highest BCUT2D eigenvalue weighted by Gasteiger charge is 2.59. The van der Waals surface area contributed by atoms with E-state index in [2.05, 4.69) is 46.6 Å². The van der Waals surface area contributed by atoms with Gasteiger partial charge < -0.3 is 10.2 Å². The molecule has 3 nitrogen and oxygen atoms in total. The third-order valence-electron chi connectivity index (χ3n) is 11.6. The maximum Gasteiger partial charge on any atom is 0.335 e. The second kappa shape index (κ2) is 12.2. The van der Waals surface area contributed by atoms with E-state index < -0.39 is 5.97 Å². The second-order valence-corrected chi connectivity index (χ2v) is 14.2. The van der Waals surface area contributed by atoms with Crippen LogP contribution in [0.3, 0.4) is 0 Å². The Labute approximate surface area is 237 Å². The van der Waals surface area contributed by atoms with E-state index in [-0.39, 0.29) is 11.7 Å². The molecule has 0 spiro atoms. The summed E-state index contributed by atoms with van der Waals surface area (Å²) in [7, 11) is 0. The van der Waals surface area contributed by atoms with Crippen LogP contribution in [0, 0.1) is 58.7 Å². The average molecular weight is 533 g/mol. The molecule has 1 aromatic rings. The van der Waals surface area contributed by atoms with Crippen LogP contribution >= 0.6 is 0 Å². The van der Waals surface area contributed by atoms with Gasteiger partial charge in [0.2, 0.25) is 0 Å². The number of carbonyl (C=O) groups is 1. The Morgan fingerprint density at radius 1 is 1.08 bits per heavy atom. The number of hydrogen-bond acceptors (Lipinski definition) is 2. The highest BCUT2D eigenvalue weighted by molar-refractivity contribution is 5.87. The van der Waals surface area contributed by atoms with Crippen molar-refractivity contribution in [2.45, 2.75) is 111 Å². The summed E-state index contributed by atoms with van der Waals surface area (Å²) in [6, 6.07) is 6.27. The molecule has 0 bridgehead atoms. The first-order chi connectivity index (χ1) is 18.5. The molecule has 0 aromatic heterocycles. The standard InChI is InChI=1S/C27H46O.C9H6O2/c1-18(2)7-6-8-19(3)23-11-12-24-22-10-9-20-17-21(28)13-15-26(20,4)25(22)14-16-27(23,24)5;1-2-7-4-3-5-8(6-7)9(10)11/h9,18-19,21-25,28H,6-8,10-17H2,1-5H3;1,3-6H,(H,10,11)/t19-,21+,22+,23-,24+,25+,26+,27-;/m1./s1. The summed E-state index contributed by atoms with van der Waals surface area (Å²) in [5, 5.41) is 18.7. The van der Waals surface area contributed by atoms with E-state index in [9.17, 15) is 9.90 Å². The number of benzene rings is 1. The van der Waals surface area contributed by atoms with Crippen molar-refractivity contribution in [3.63, 3.8) is 0 Å². The Morgan fingerprint density at radius 3 is 2.54 bits per heavy atom. The van der Waals surface area contributed by atoms with Crippen molar-refractivity contribution in [3.05, 3.63) is 47.0 Å². The summed E-state index contributed by atoms with van der Waals surface area (Å²) in [5.41, 5.74) is 3.41. The lowest BCUT2D eigenvalue weighted by atomic mass is 9.47. The van der Waals surface area contributed by atoms with Gasteiger partial charge in [0, 0.05) is 5.56 Å². The molecule has 0 radical (unpaired) electrons. The monoisotopic (exact) mass is 532 g/mol. The lowest BCUT2D eigenvalue weighted by Crippen LogP contribution is -2.50. The normalized spacial score (nSPS) is 35.8. The highest BCUT2D eigenvalue weighted by Crippen LogP contribution is 2.67. The number of allylic oxidation sites excluding steroid dienone is 1. The number of carboxylic acid groups (broad SMARTS) is 1. The fourth-order valence-electron chi connectivity index (χ4n) is 9.41. The summed E-state index contributed by atoms with van der Waals surface area (Å²) in [6.45, 7) is 12.6. The lowest BCUT2D eigenvalue weighted by molar-refractivity contribution is -0.0573. The molecule has 0 amide bonds. The minimum Gasteiger partial charge on any atom is -0.478 e. The molecule has 0 heterocycles. The van der Waals surface area contributed by atoms with E-state index in [1.165, 1.54) is 69.9 Å². The molecule has 2 N–H and O–H groups in total. The first kappa shape index (κ1) is 29.9. The molecule has 0 saturated heterocycles. The zero-order valence-electron chi connectivity index (χ0n) is 25.1. The number of terminal acetylenes is 1. The van der Waals surface area contributed by atoms with Crippen LogP contribution < -0.4 is 0 Å². The molecular weight excluding hydrogens is 480 g/mol. The Morgan fingerprint density at radius 2 is 1.85 bits per heavy atom. The van der Waals surface area contributed by atoms with E-state index in [1.807, 2.05) is 0 Å². The molecule has 5 rings (SSSR count). The number of hydrogen-bond donors (Lipinski definition) is 2. The predicted molar refractivity (Wildman–Crippen MR) is 160 cm³/mol. The number of aliphatic hydroxyl groups excluding tert-OH is 1. The Balaban J connectivity index is 0.000000270. The summed E-state index contributed by atoms with van der Waals surface area (Å²) < 4.78 is 0. The Bertz CT molecular complexity index is 1080. The van der Waals surface area contributed by atoms with Crippen LogP contribution in [0.25, 0.3) is 0 Å². The summed E-state index contributed by atoms with van der Waals surface area (Å²) in [4.78, 5) is 10.4. The van der Waals surface area contributed by atoms with E-state index in [0.29, 0.717) is 16.4 Å². The van der Waals surface area contributed by atoms with Gasteiger partial charge in [0.1, 0.15) is 0 Å². The molecule has 0 aliphatic heterocycles. The van der Waals surface area contributed by atoms with Gasteiger partial charge in [-0.05, 0) is 116 Å². The number of fused-ring (bicyclic) bond motifs is 5. The predicted octanol–water partition coefficient (Wildman–Crippen LogP) is 8.75. The van der Waals surface area contributed by atoms with Crippen molar-refractivity contribution in [1.82, 2.24) is 0 Å². The SMILES string of the molecule is C#Cc1cccc(C(=O)O)c1.CC(C)CCC[C@@H](C)[C@H]1CC[C@H]2[C@@H]3CC=C4C[C@@H](O)CC[C@]4(C)[C@H]3CC[C@]12C. The van der Waals surface area contributed by atoms with E-state index in [0.717, 1.165) is 48.3 Å². The largest absolute Gasteiger partial charge is 0.478 e. The number of carboxylic acids is 1. The molecule has 39 heavy (non-hydrogen) atoms. The van der Waals surface area contributed by atoms with Gasteiger partial charge in [-0.3, -0.25) is 0 Å². The lowest BCUT2D eigenvalue weighted by Gasteiger charge is -2.58. The first-order valence-corrected chi connectivity index (χ1v) is 15.7. The van der Waals surface area contributed by atoms with Crippen LogP contribution in [0.1, 0.15) is 121 Å². The quantitative estimate of drug-likeness (QED) is 0.284. The molecule has 3 saturated carbocycles. The van der Waals surface area contributed by atoms with Gasteiger partial charge in [-0.1, -0.05) is 77.5 Å². The zero-order chi connectivity index (χ0) is 28.4. The summed E-state index contributed by atoms with van der Waals surface area (Å²) in [5.74, 6) is 6.86. The third-order valence-corrected chi connectivity index (χ3v) is 11.6. The number of aliphatic hydroxyl groups is 1. The van der Waals surface area contributed by atoms with Gasteiger partial charge in [-0.2, -0.15) is 0 Å². The van der Waals surface area contributed by atoms with Crippen molar-refractivity contribution >= 4 is 5.97 Å². The molecular formula is C36H52O3. The van der Waals surface area contributed by atoms with Crippen LogP contribution in [-0.4, -0.2) is 22.3 Å². The van der Waals surface area contributed by atoms with E-state index >= 15 is 0 Å². The van der Waals surface area contributed by atoms with Gasteiger partial charge in [-0.15, -0.1) is 6.42 Å². The van der Waals surface area contributed by atoms with Gasteiger partial charge in [0.15, 0.2) is 0 Å². The zero-order valence-corrected chi connectivity index (χ0v) is 25.1. The van der Waals surface area contributed by atoms with Crippen molar-refractivity contribution in [3.8, 4) is 12.3 Å². The van der Waals surface area contributed by atoms with E-state index in [1.54, 1.807) is 17.7 Å². The van der Waals surface area contributed by atoms with Crippen molar-refractivity contribution < 1.29 is 15.0 Å². The van der Waals surface area contributed by atoms with Crippen LogP contribution in [-0.2, 0) is 0 Å². The number of aromatic carboxylic acids is 1. The molecule has 214 valence electrons. The second-order valence-electron chi connectivity index (χ2n) is 14.2. The van der Waals surface area contributed by atoms with E-state index in [4.69, 9.17) is 11.5 Å². The molecule has 8 atom stereocenters. The van der Waals surface area contributed by atoms with Crippen LogP contribution in [0.2, 0.25) is 0 Å². The molecule has 4 aliphatic rings. The van der Waals surface area contributed by atoms with Gasteiger partial charge in [-0.25, -0.2) is 4.79 Å². The molecule has 0 unspecified atom stereocenters. The molecule has 3 fully saturated rings. The smallest absolute Gasteiger partial charge is 0.335 e. The third kappa shape index (κ3) is 6.17.